The highest BCUT2D eigenvalue weighted by atomic mass is 19.1. The summed E-state index contributed by atoms with van der Waals surface area (Å²) in [4.78, 5) is 0. The molecule has 112 valence electrons. The lowest BCUT2D eigenvalue weighted by molar-refractivity contribution is 0.473. The molecule has 3 heteroatoms. The molecule has 0 amide bonds. The Hall–Kier alpha value is -1.87. The number of hydrogen-bond acceptors (Lipinski definition) is 2. The molecule has 0 aliphatic carbocycles. The number of aromatic hydroxyl groups is 1. The van der Waals surface area contributed by atoms with Crippen LogP contribution in [-0.2, 0) is 6.42 Å². The highest BCUT2D eigenvalue weighted by molar-refractivity contribution is 5.30. The minimum atomic E-state index is -0.210. The maximum absolute atomic E-state index is 13.5. The van der Waals surface area contributed by atoms with Gasteiger partial charge in [0, 0.05) is 18.5 Å². The number of phenols is 1. The lowest BCUT2D eigenvalue weighted by Crippen LogP contribution is -2.29. The Morgan fingerprint density at radius 2 is 1.86 bits per heavy atom. The van der Waals surface area contributed by atoms with Crippen LogP contribution in [0.15, 0.2) is 48.5 Å². The van der Waals surface area contributed by atoms with Crippen molar-refractivity contribution >= 4 is 0 Å². The molecule has 2 aromatic carbocycles. The lowest BCUT2D eigenvalue weighted by atomic mass is 9.91. The van der Waals surface area contributed by atoms with Crippen LogP contribution < -0.4 is 5.32 Å². The standard InChI is InChI=1S/C18H22FNO/c1-13(2)20-12-16(15-6-4-7-17(19)11-15)9-14-5-3-8-18(21)10-14/h3-8,10-11,13,16,20-21H,9,12H2,1-2H3. The van der Waals surface area contributed by atoms with E-state index in [-0.39, 0.29) is 17.5 Å². The Labute approximate surface area is 125 Å². The van der Waals surface area contributed by atoms with Crippen LogP contribution in [0.2, 0.25) is 0 Å². The number of rotatable bonds is 6. The average Bonchev–Trinajstić information content (AvgIpc) is 2.43. The van der Waals surface area contributed by atoms with Crippen molar-refractivity contribution in [2.24, 2.45) is 0 Å². The molecule has 0 heterocycles. The number of hydrogen-bond donors (Lipinski definition) is 2. The van der Waals surface area contributed by atoms with Crippen molar-refractivity contribution in [3.8, 4) is 5.75 Å². The van der Waals surface area contributed by atoms with Gasteiger partial charge in [-0.25, -0.2) is 4.39 Å². The van der Waals surface area contributed by atoms with E-state index in [9.17, 15) is 9.50 Å². The number of benzene rings is 2. The Morgan fingerprint density at radius 3 is 2.52 bits per heavy atom. The zero-order valence-corrected chi connectivity index (χ0v) is 12.5. The number of phenolic OH excluding ortho intramolecular Hbond substituents is 1. The molecule has 0 aromatic heterocycles. The van der Waals surface area contributed by atoms with E-state index in [0.29, 0.717) is 6.04 Å². The Bertz CT molecular complexity index is 583. The fraction of sp³-hybridized carbons (Fsp3) is 0.333. The quantitative estimate of drug-likeness (QED) is 0.845. The summed E-state index contributed by atoms with van der Waals surface area (Å²) >= 11 is 0. The van der Waals surface area contributed by atoms with Crippen molar-refractivity contribution in [3.63, 3.8) is 0 Å². The van der Waals surface area contributed by atoms with Gasteiger partial charge in [-0.05, 0) is 41.8 Å². The predicted octanol–water partition coefficient (Wildman–Crippen LogP) is 3.86. The summed E-state index contributed by atoms with van der Waals surface area (Å²) in [7, 11) is 0. The smallest absolute Gasteiger partial charge is 0.123 e. The molecular weight excluding hydrogens is 265 g/mol. The van der Waals surface area contributed by atoms with E-state index in [1.54, 1.807) is 24.3 Å². The molecule has 0 aliphatic rings. The van der Waals surface area contributed by atoms with Crippen LogP contribution in [0.5, 0.6) is 5.75 Å². The van der Waals surface area contributed by atoms with Crippen LogP contribution in [0, 0.1) is 5.82 Å². The molecule has 0 saturated heterocycles. The first-order valence-corrected chi connectivity index (χ1v) is 7.31. The fourth-order valence-corrected chi connectivity index (χ4v) is 2.41. The maximum atomic E-state index is 13.5. The van der Waals surface area contributed by atoms with Crippen molar-refractivity contribution < 1.29 is 9.50 Å². The molecule has 0 spiro atoms. The second-order valence-corrected chi connectivity index (χ2v) is 5.69. The van der Waals surface area contributed by atoms with Gasteiger partial charge in [0.15, 0.2) is 0 Å². The third-order valence-electron chi connectivity index (χ3n) is 3.49. The topological polar surface area (TPSA) is 32.3 Å². The zero-order valence-electron chi connectivity index (χ0n) is 12.5. The van der Waals surface area contributed by atoms with Crippen molar-refractivity contribution in [2.45, 2.75) is 32.2 Å². The van der Waals surface area contributed by atoms with E-state index in [2.05, 4.69) is 19.2 Å². The number of halogens is 1. The van der Waals surface area contributed by atoms with Crippen LogP contribution in [0.3, 0.4) is 0 Å². The van der Waals surface area contributed by atoms with Crippen LogP contribution in [0.1, 0.15) is 30.9 Å². The van der Waals surface area contributed by atoms with Crippen LogP contribution >= 0.6 is 0 Å². The third kappa shape index (κ3) is 4.87. The van der Waals surface area contributed by atoms with E-state index < -0.39 is 0 Å². The van der Waals surface area contributed by atoms with Gasteiger partial charge in [-0.15, -0.1) is 0 Å². The second-order valence-electron chi connectivity index (χ2n) is 5.69. The summed E-state index contributed by atoms with van der Waals surface area (Å²) < 4.78 is 13.5. The van der Waals surface area contributed by atoms with Gasteiger partial charge >= 0.3 is 0 Å². The SMILES string of the molecule is CC(C)NCC(Cc1cccc(O)c1)c1cccc(F)c1. The Morgan fingerprint density at radius 1 is 1.10 bits per heavy atom. The van der Waals surface area contributed by atoms with Gasteiger partial charge in [0.25, 0.3) is 0 Å². The molecule has 0 radical (unpaired) electrons. The highest BCUT2D eigenvalue weighted by Crippen LogP contribution is 2.23. The summed E-state index contributed by atoms with van der Waals surface area (Å²) in [6.45, 7) is 4.96. The van der Waals surface area contributed by atoms with E-state index >= 15 is 0 Å². The lowest BCUT2D eigenvalue weighted by Gasteiger charge is -2.20. The first-order chi connectivity index (χ1) is 10.0. The molecule has 0 bridgehead atoms. The van der Waals surface area contributed by atoms with E-state index in [0.717, 1.165) is 24.1 Å². The van der Waals surface area contributed by atoms with Gasteiger partial charge in [0.1, 0.15) is 11.6 Å². The average molecular weight is 287 g/mol. The summed E-state index contributed by atoms with van der Waals surface area (Å²) in [6, 6.07) is 14.4. The molecule has 2 nitrogen and oxygen atoms in total. The molecule has 0 fully saturated rings. The van der Waals surface area contributed by atoms with Crippen molar-refractivity contribution in [1.82, 2.24) is 5.32 Å². The molecule has 1 unspecified atom stereocenters. The van der Waals surface area contributed by atoms with Gasteiger partial charge in [-0.1, -0.05) is 38.1 Å². The third-order valence-corrected chi connectivity index (χ3v) is 3.49. The second kappa shape index (κ2) is 7.23. The van der Waals surface area contributed by atoms with Crippen molar-refractivity contribution in [2.75, 3.05) is 6.54 Å². The van der Waals surface area contributed by atoms with Gasteiger partial charge in [0.2, 0.25) is 0 Å². The molecular formula is C18H22FNO. The van der Waals surface area contributed by atoms with Crippen molar-refractivity contribution in [3.05, 3.63) is 65.5 Å². The van der Waals surface area contributed by atoms with E-state index in [1.807, 2.05) is 18.2 Å². The fourth-order valence-electron chi connectivity index (χ4n) is 2.41. The van der Waals surface area contributed by atoms with Crippen LogP contribution in [0.4, 0.5) is 4.39 Å². The molecule has 0 saturated carbocycles. The summed E-state index contributed by atoms with van der Waals surface area (Å²) in [5, 5.41) is 13.0. The molecule has 2 aromatic rings. The zero-order chi connectivity index (χ0) is 15.2. The highest BCUT2D eigenvalue weighted by Gasteiger charge is 2.14. The van der Waals surface area contributed by atoms with Gasteiger partial charge in [-0.3, -0.25) is 0 Å². The van der Waals surface area contributed by atoms with E-state index in [4.69, 9.17) is 0 Å². The molecule has 1 atom stereocenters. The number of nitrogens with one attached hydrogen (secondary N) is 1. The Kier molecular flexibility index (Phi) is 5.34. The Balaban J connectivity index is 2.19. The first-order valence-electron chi connectivity index (χ1n) is 7.31. The predicted molar refractivity (Wildman–Crippen MR) is 84.1 cm³/mol. The van der Waals surface area contributed by atoms with Gasteiger partial charge in [0.05, 0.1) is 0 Å². The molecule has 21 heavy (non-hydrogen) atoms. The molecule has 2 rings (SSSR count). The summed E-state index contributed by atoms with van der Waals surface area (Å²) in [6.07, 6.45) is 0.761. The first kappa shape index (κ1) is 15.5. The van der Waals surface area contributed by atoms with Crippen LogP contribution in [0.25, 0.3) is 0 Å². The molecule has 2 N–H and O–H groups in total. The normalized spacial score (nSPS) is 12.6. The largest absolute Gasteiger partial charge is 0.508 e. The summed E-state index contributed by atoms with van der Waals surface area (Å²) in [5.74, 6) is 0.227. The van der Waals surface area contributed by atoms with Gasteiger partial charge < -0.3 is 10.4 Å². The van der Waals surface area contributed by atoms with E-state index in [1.165, 1.54) is 6.07 Å². The molecule has 0 aliphatic heterocycles. The monoisotopic (exact) mass is 287 g/mol. The maximum Gasteiger partial charge on any atom is 0.123 e. The van der Waals surface area contributed by atoms with Crippen molar-refractivity contribution in [1.29, 1.82) is 0 Å². The summed E-state index contributed by atoms with van der Waals surface area (Å²) in [5.41, 5.74) is 2.03. The van der Waals surface area contributed by atoms with Gasteiger partial charge in [-0.2, -0.15) is 0 Å². The minimum Gasteiger partial charge on any atom is -0.508 e. The minimum absolute atomic E-state index is 0.171. The van der Waals surface area contributed by atoms with Crippen LogP contribution in [-0.4, -0.2) is 17.7 Å².